The maximum atomic E-state index is 12.5. The van der Waals surface area contributed by atoms with E-state index < -0.39 is 17.9 Å². The largest absolute Gasteiger partial charge is 0.480 e. The standard InChI is InChI=1S/C22H21Cl2N3O4/c1-2-14-17(7-8-19(14)28)27-18(22(30)31)9-12-3-5-13(6-4-12)26-21(29)20-15(23)10-25-11-16(20)24/h3-6,10-11,18,27H,2,7-9H2,1H3,(H,26,29)(H,30,31)/t18-/m0/s1. The van der Waals surface area contributed by atoms with E-state index in [1.807, 2.05) is 6.92 Å². The number of nitrogens with one attached hydrogen (secondary N) is 2. The number of carbonyl (C=O) groups excluding carboxylic acids is 2. The van der Waals surface area contributed by atoms with Crippen LogP contribution < -0.4 is 10.6 Å². The lowest BCUT2D eigenvalue weighted by Crippen LogP contribution is -2.38. The highest BCUT2D eigenvalue weighted by Gasteiger charge is 2.26. The summed E-state index contributed by atoms with van der Waals surface area (Å²) in [6.07, 6.45) is 4.42. The van der Waals surface area contributed by atoms with Crippen LogP contribution in [0.5, 0.6) is 0 Å². The van der Waals surface area contributed by atoms with Crippen molar-refractivity contribution in [2.24, 2.45) is 0 Å². The van der Waals surface area contributed by atoms with E-state index in [0.29, 0.717) is 30.5 Å². The third-order valence-electron chi connectivity index (χ3n) is 5.04. The number of carbonyl (C=O) groups is 3. The fourth-order valence-corrected chi connectivity index (χ4v) is 4.01. The number of halogens is 2. The number of aromatic nitrogens is 1. The van der Waals surface area contributed by atoms with Crippen LogP contribution >= 0.6 is 23.2 Å². The van der Waals surface area contributed by atoms with E-state index in [1.165, 1.54) is 12.4 Å². The number of benzene rings is 1. The fourth-order valence-electron chi connectivity index (χ4n) is 3.47. The molecule has 1 aliphatic rings. The molecule has 0 spiro atoms. The van der Waals surface area contributed by atoms with Crippen molar-refractivity contribution >= 4 is 46.5 Å². The van der Waals surface area contributed by atoms with Crippen molar-refractivity contribution in [1.29, 1.82) is 0 Å². The van der Waals surface area contributed by atoms with Crippen LogP contribution in [0.2, 0.25) is 10.0 Å². The van der Waals surface area contributed by atoms with E-state index in [2.05, 4.69) is 15.6 Å². The second-order valence-electron chi connectivity index (χ2n) is 7.10. The van der Waals surface area contributed by atoms with Gasteiger partial charge in [-0.3, -0.25) is 14.6 Å². The molecule has 1 aromatic heterocycles. The molecule has 1 amide bonds. The minimum Gasteiger partial charge on any atom is -0.480 e. The molecule has 3 rings (SSSR count). The molecule has 0 saturated carbocycles. The third-order valence-corrected chi connectivity index (χ3v) is 5.61. The average molecular weight is 462 g/mol. The highest BCUT2D eigenvalue weighted by molar-refractivity contribution is 6.40. The molecule has 3 N–H and O–H groups in total. The predicted octanol–water partition coefficient (Wildman–Crippen LogP) is 4.25. The molecule has 31 heavy (non-hydrogen) atoms. The van der Waals surface area contributed by atoms with Crippen LogP contribution in [0, 0.1) is 0 Å². The van der Waals surface area contributed by atoms with Crippen molar-refractivity contribution in [3.63, 3.8) is 0 Å². The molecular weight excluding hydrogens is 441 g/mol. The number of hydrogen-bond donors (Lipinski definition) is 3. The van der Waals surface area contributed by atoms with E-state index >= 15 is 0 Å². The van der Waals surface area contributed by atoms with Crippen LogP contribution in [-0.4, -0.2) is 33.8 Å². The van der Waals surface area contributed by atoms with Gasteiger partial charge in [0.05, 0.1) is 15.6 Å². The van der Waals surface area contributed by atoms with Gasteiger partial charge in [-0.25, -0.2) is 4.79 Å². The van der Waals surface area contributed by atoms with Crippen molar-refractivity contribution in [2.45, 2.75) is 38.6 Å². The number of nitrogens with zero attached hydrogens (tertiary/aromatic N) is 1. The number of carboxylic acid groups (broad SMARTS) is 1. The molecule has 0 fully saturated rings. The van der Waals surface area contributed by atoms with E-state index in [9.17, 15) is 19.5 Å². The number of anilines is 1. The van der Waals surface area contributed by atoms with Crippen molar-refractivity contribution in [2.75, 3.05) is 5.32 Å². The molecule has 0 saturated heterocycles. The van der Waals surface area contributed by atoms with Gasteiger partial charge in [0.25, 0.3) is 5.91 Å². The average Bonchev–Trinajstić information content (AvgIpc) is 3.07. The van der Waals surface area contributed by atoms with E-state index in [4.69, 9.17) is 23.2 Å². The van der Waals surface area contributed by atoms with Crippen LogP contribution in [0.4, 0.5) is 5.69 Å². The fraction of sp³-hybridized carbons (Fsp3) is 0.273. The first kappa shape index (κ1) is 22.8. The van der Waals surface area contributed by atoms with Gasteiger partial charge in [0.15, 0.2) is 5.78 Å². The normalized spacial score (nSPS) is 14.5. The summed E-state index contributed by atoms with van der Waals surface area (Å²) in [7, 11) is 0. The van der Waals surface area contributed by atoms with Gasteiger partial charge in [-0.15, -0.1) is 0 Å². The number of pyridine rings is 1. The third kappa shape index (κ3) is 5.42. The number of aliphatic carboxylic acids is 1. The zero-order valence-electron chi connectivity index (χ0n) is 16.7. The summed E-state index contributed by atoms with van der Waals surface area (Å²) in [5.41, 5.74) is 2.80. The Morgan fingerprint density at radius 2 is 1.77 bits per heavy atom. The molecule has 1 aromatic carbocycles. The molecule has 0 bridgehead atoms. The lowest BCUT2D eigenvalue weighted by atomic mass is 10.0. The minimum absolute atomic E-state index is 0.0728. The molecule has 1 aliphatic carbocycles. The Bertz CT molecular complexity index is 1030. The Labute approximate surface area is 189 Å². The van der Waals surface area contributed by atoms with Gasteiger partial charge in [-0.2, -0.15) is 0 Å². The molecule has 0 unspecified atom stereocenters. The SMILES string of the molecule is CCC1=C(N[C@@H](Cc2ccc(NC(=O)c3c(Cl)cncc3Cl)cc2)C(=O)O)CCC1=O. The first-order valence-corrected chi connectivity index (χ1v) is 10.5. The van der Waals surface area contributed by atoms with Crippen LogP contribution in [0.3, 0.4) is 0 Å². The number of rotatable bonds is 8. The number of allylic oxidation sites excluding steroid dienone is 2. The lowest BCUT2D eigenvalue weighted by molar-refractivity contribution is -0.139. The maximum Gasteiger partial charge on any atom is 0.326 e. The molecule has 7 nitrogen and oxygen atoms in total. The second-order valence-corrected chi connectivity index (χ2v) is 7.92. The van der Waals surface area contributed by atoms with Crippen LogP contribution in [0.15, 0.2) is 47.9 Å². The molecule has 162 valence electrons. The molecule has 0 radical (unpaired) electrons. The molecule has 2 aromatic rings. The van der Waals surface area contributed by atoms with Gasteiger partial charge >= 0.3 is 5.97 Å². The quantitative estimate of drug-likeness (QED) is 0.541. The zero-order chi connectivity index (χ0) is 22.5. The number of amides is 1. The Morgan fingerprint density at radius 3 is 2.35 bits per heavy atom. The number of ketones is 1. The Kier molecular flexibility index (Phi) is 7.30. The number of Topliss-reactive ketones (excluding diaryl/α,β-unsaturated/α-hetero) is 1. The maximum absolute atomic E-state index is 12.5. The van der Waals surface area contributed by atoms with Crippen molar-refractivity contribution in [3.8, 4) is 0 Å². The smallest absolute Gasteiger partial charge is 0.326 e. The van der Waals surface area contributed by atoms with Crippen LogP contribution in [0.25, 0.3) is 0 Å². The molecule has 1 atom stereocenters. The Balaban J connectivity index is 1.69. The lowest BCUT2D eigenvalue weighted by Gasteiger charge is -2.18. The zero-order valence-corrected chi connectivity index (χ0v) is 18.3. The molecule has 1 heterocycles. The number of hydrogen-bond acceptors (Lipinski definition) is 5. The van der Waals surface area contributed by atoms with Crippen LogP contribution in [-0.2, 0) is 16.0 Å². The Morgan fingerprint density at radius 1 is 1.13 bits per heavy atom. The van der Waals surface area contributed by atoms with Crippen molar-refractivity contribution in [1.82, 2.24) is 10.3 Å². The van der Waals surface area contributed by atoms with Gasteiger partial charge in [0.1, 0.15) is 6.04 Å². The summed E-state index contributed by atoms with van der Waals surface area (Å²) in [5, 5.41) is 15.6. The second kappa shape index (κ2) is 9.94. The summed E-state index contributed by atoms with van der Waals surface area (Å²) in [5.74, 6) is -1.40. The summed E-state index contributed by atoms with van der Waals surface area (Å²) in [6, 6.07) is 5.95. The Hall–Kier alpha value is -2.90. The van der Waals surface area contributed by atoms with Crippen molar-refractivity contribution < 1.29 is 19.5 Å². The summed E-state index contributed by atoms with van der Waals surface area (Å²) in [6.45, 7) is 1.88. The first-order valence-electron chi connectivity index (χ1n) is 9.74. The van der Waals surface area contributed by atoms with Crippen LogP contribution in [0.1, 0.15) is 42.1 Å². The van der Waals surface area contributed by atoms with E-state index in [0.717, 1.165) is 11.3 Å². The van der Waals surface area contributed by atoms with E-state index in [1.54, 1.807) is 24.3 Å². The van der Waals surface area contributed by atoms with Gasteiger partial charge < -0.3 is 15.7 Å². The minimum atomic E-state index is -0.998. The summed E-state index contributed by atoms with van der Waals surface area (Å²) in [4.78, 5) is 39.9. The summed E-state index contributed by atoms with van der Waals surface area (Å²) >= 11 is 12.0. The summed E-state index contributed by atoms with van der Waals surface area (Å²) < 4.78 is 0. The first-order chi connectivity index (χ1) is 14.8. The topological polar surface area (TPSA) is 108 Å². The highest BCUT2D eigenvalue weighted by Crippen LogP contribution is 2.25. The highest BCUT2D eigenvalue weighted by atomic mass is 35.5. The molecular formula is C22H21Cl2N3O4. The van der Waals surface area contributed by atoms with Gasteiger partial charge in [-0.1, -0.05) is 42.3 Å². The van der Waals surface area contributed by atoms with Gasteiger partial charge in [0, 0.05) is 42.2 Å². The monoisotopic (exact) mass is 461 g/mol. The number of carboxylic acids is 1. The molecule has 0 aliphatic heterocycles. The van der Waals surface area contributed by atoms with Gasteiger partial charge in [0.2, 0.25) is 0 Å². The van der Waals surface area contributed by atoms with E-state index in [-0.39, 0.29) is 27.8 Å². The molecule has 9 heteroatoms. The van der Waals surface area contributed by atoms with Gasteiger partial charge in [-0.05, 0) is 30.5 Å². The van der Waals surface area contributed by atoms with Crippen molar-refractivity contribution in [3.05, 3.63) is 69.1 Å². The predicted molar refractivity (Wildman–Crippen MR) is 118 cm³/mol.